The minimum Gasteiger partial charge on any atom is -0.381 e. The van der Waals surface area contributed by atoms with Crippen molar-refractivity contribution < 1.29 is 9.53 Å². The van der Waals surface area contributed by atoms with Gasteiger partial charge in [-0.1, -0.05) is 13.3 Å². The Kier molecular flexibility index (Phi) is 14.6. The van der Waals surface area contributed by atoms with E-state index in [1.807, 2.05) is 11.8 Å². The number of hydrogen-bond acceptors (Lipinski definition) is 3. The van der Waals surface area contributed by atoms with E-state index in [-0.39, 0.29) is 36.4 Å². The summed E-state index contributed by atoms with van der Waals surface area (Å²) in [5.41, 5.74) is 0. The molecular formula is C16H33IN4O2. The van der Waals surface area contributed by atoms with Crippen molar-refractivity contribution in [1.82, 2.24) is 15.5 Å². The molecule has 1 heterocycles. The van der Waals surface area contributed by atoms with E-state index in [9.17, 15) is 4.79 Å². The molecule has 6 nitrogen and oxygen atoms in total. The Morgan fingerprint density at radius 1 is 1.13 bits per heavy atom. The van der Waals surface area contributed by atoms with Crippen LogP contribution in [0.5, 0.6) is 0 Å². The van der Waals surface area contributed by atoms with E-state index in [1.165, 1.54) is 6.42 Å². The highest BCUT2D eigenvalue weighted by Crippen LogP contribution is 2.07. The fraction of sp³-hybridized carbons (Fsp3) is 0.875. The van der Waals surface area contributed by atoms with Crippen molar-refractivity contribution in [3.63, 3.8) is 0 Å². The first-order valence-electron chi connectivity index (χ1n) is 8.65. The smallest absolute Gasteiger partial charge is 0.244 e. The number of nitrogens with one attached hydrogen (secondary N) is 2. The Bertz CT molecular complexity index is 334. The van der Waals surface area contributed by atoms with Gasteiger partial charge in [0.1, 0.15) is 6.54 Å². The van der Waals surface area contributed by atoms with Gasteiger partial charge in [-0.2, -0.15) is 0 Å². The molecule has 136 valence electrons. The predicted molar refractivity (Wildman–Crippen MR) is 106 cm³/mol. The highest BCUT2D eigenvalue weighted by molar-refractivity contribution is 14.0. The lowest BCUT2D eigenvalue weighted by molar-refractivity contribution is -0.128. The molecule has 1 aliphatic heterocycles. The van der Waals surface area contributed by atoms with Gasteiger partial charge in [0, 0.05) is 39.4 Å². The first-order chi connectivity index (χ1) is 10.8. The molecule has 0 unspecified atom stereocenters. The Morgan fingerprint density at radius 3 is 2.48 bits per heavy atom. The number of aliphatic imine (C=N–C) groups is 1. The highest BCUT2D eigenvalue weighted by atomic mass is 127. The van der Waals surface area contributed by atoms with Crippen LogP contribution in [0.25, 0.3) is 0 Å². The van der Waals surface area contributed by atoms with Gasteiger partial charge in [0.15, 0.2) is 5.96 Å². The lowest BCUT2D eigenvalue weighted by Crippen LogP contribution is -2.39. The van der Waals surface area contributed by atoms with Gasteiger partial charge in [0.2, 0.25) is 5.91 Å². The number of guanidine groups is 1. The monoisotopic (exact) mass is 440 g/mol. The van der Waals surface area contributed by atoms with E-state index in [4.69, 9.17) is 4.74 Å². The molecule has 1 aliphatic rings. The second kappa shape index (κ2) is 15.0. The minimum atomic E-state index is 0. The summed E-state index contributed by atoms with van der Waals surface area (Å²) in [5, 5.41) is 6.41. The van der Waals surface area contributed by atoms with Crippen molar-refractivity contribution in [3.05, 3.63) is 0 Å². The van der Waals surface area contributed by atoms with Crippen molar-refractivity contribution in [2.75, 3.05) is 45.9 Å². The second-order valence-corrected chi connectivity index (χ2v) is 5.53. The van der Waals surface area contributed by atoms with Gasteiger partial charge < -0.3 is 20.3 Å². The Balaban J connectivity index is 0.00000484. The maximum Gasteiger partial charge on any atom is 0.244 e. The van der Waals surface area contributed by atoms with Gasteiger partial charge in [-0.15, -0.1) is 24.0 Å². The predicted octanol–water partition coefficient (Wildman–Crippen LogP) is 1.99. The SMILES string of the molecule is CCCCOCCCNC(=NCC(=O)N1CCCC1)NCC.I. The zero-order valence-electron chi connectivity index (χ0n) is 14.6. The number of halogens is 1. The van der Waals surface area contributed by atoms with E-state index < -0.39 is 0 Å². The van der Waals surface area contributed by atoms with Gasteiger partial charge in [0.05, 0.1) is 0 Å². The van der Waals surface area contributed by atoms with E-state index in [2.05, 4.69) is 22.5 Å². The van der Waals surface area contributed by atoms with Gasteiger partial charge in [-0.25, -0.2) is 4.99 Å². The van der Waals surface area contributed by atoms with Crippen LogP contribution in [0.1, 0.15) is 46.0 Å². The molecule has 0 spiro atoms. The van der Waals surface area contributed by atoms with Gasteiger partial charge in [-0.05, 0) is 32.6 Å². The molecule has 1 rings (SSSR count). The number of nitrogens with zero attached hydrogens (tertiary/aromatic N) is 2. The fourth-order valence-electron chi connectivity index (χ4n) is 2.28. The maximum atomic E-state index is 12.0. The van der Waals surface area contributed by atoms with Crippen LogP contribution in [0.2, 0.25) is 0 Å². The zero-order valence-corrected chi connectivity index (χ0v) is 16.9. The first kappa shape index (κ1) is 22.4. The summed E-state index contributed by atoms with van der Waals surface area (Å²) in [6, 6.07) is 0. The average molecular weight is 440 g/mol. The minimum absolute atomic E-state index is 0. The molecule has 0 aromatic rings. The molecule has 0 radical (unpaired) electrons. The lowest BCUT2D eigenvalue weighted by Gasteiger charge is -2.15. The summed E-state index contributed by atoms with van der Waals surface area (Å²) in [5.74, 6) is 0.834. The van der Waals surface area contributed by atoms with Crippen molar-refractivity contribution in [2.45, 2.75) is 46.0 Å². The molecule has 7 heteroatoms. The number of ether oxygens (including phenoxy) is 1. The largest absolute Gasteiger partial charge is 0.381 e. The van der Waals surface area contributed by atoms with Crippen molar-refractivity contribution in [1.29, 1.82) is 0 Å². The molecule has 0 saturated carbocycles. The molecule has 0 aliphatic carbocycles. The molecule has 23 heavy (non-hydrogen) atoms. The maximum absolute atomic E-state index is 12.0. The van der Waals surface area contributed by atoms with Crippen LogP contribution >= 0.6 is 24.0 Å². The van der Waals surface area contributed by atoms with E-state index in [0.717, 1.165) is 65.1 Å². The lowest BCUT2D eigenvalue weighted by atomic mass is 10.4. The molecule has 1 amide bonds. The van der Waals surface area contributed by atoms with Crippen molar-refractivity contribution in [3.8, 4) is 0 Å². The molecule has 0 aromatic carbocycles. The second-order valence-electron chi connectivity index (χ2n) is 5.53. The van der Waals surface area contributed by atoms with Crippen LogP contribution in [0.4, 0.5) is 0 Å². The third-order valence-electron chi connectivity index (χ3n) is 3.58. The number of rotatable bonds is 10. The van der Waals surface area contributed by atoms with Crippen LogP contribution in [-0.4, -0.2) is 62.7 Å². The summed E-state index contributed by atoms with van der Waals surface area (Å²) >= 11 is 0. The summed E-state index contributed by atoms with van der Waals surface area (Å²) in [6.45, 7) is 9.37. The van der Waals surface area contributed by atoms with E-state index in [1.54, 1.807) is 0 Å². The van der Waals surface area contributed by atoms with Crippen molar-refractivity contribution in [2.24, 2.45) is 4.99 Å². The number of amides is 1. The molecule has 0 atom stereocenters. The van der Waals surface area contributed by atoms with Gasteiger partial charge >= 0.3 is 0 Å². The Labute approximate surface area is 157 Å². The molecule has 1 saturated heterocycles. The van der Waals surface area contributed by atoms with Crippen LogP contribution in [0, 0.1) is 0 Å². The normalized spacial score (nSPS) is 14.5. The summed E-state index contributed by atoms with van der Waals surface area (Å²) in [7, 11) is 0. The average Bonchev–Trinajstić information content (AvgIpc) is 3.05. The standard InChI is InChI=1S/C16H32N4O2.HI/c1-3-5-12-22-13-8-9-18-16(17-4-2)19-14-15(21)20-10-6-7-11-20;/h3-14H2,1-2H3,(H2,17,18,19);1H. The zero-order chi connectivity index (χ0) is 16.0. The molecule has 0 bridgehead atoms. The number of hydrogen-bond donors (Lipinski definition) is 2. The number of carbonyl (C=O) groups is 1. The summed E-state index contributed by atoms with van der Waals surface area (Å²) < 4.78 is 5.52. The Morgan fingerprint density at radius 2 is 1.83 bits per heavy atom. The van der Waals surface area contributed by atoms with Crippen LogP contribution in [-0.2, 0) is 9.53 Å². The van der Waals surface area contributed by atoms with E-state index >= 15 is 0 Å². The topological polar surface area (TPSA) is 66.0 Å². The molecule has 2 N–H and O–H groups in total. The molecule has 1 fully saturated rings. The first-order valence-corrected chi connectivity index (χ1v) is 8.65. The summed E-state index contributed by atoms with van der Waals surface area (Å²) in [4.78, 5) is 18.2. The van der Waals surface area contributed by atoms with Gasteiger partial charge in [-0.3, -0.25) is 4.79 Å². The Hall–Kier alpha value is -0.570. The molecular weight excluding hydrogens is 407 g/mol. The van der Waals surface area contributed by atoms with E-state index in [0.29, 0.717) is 5.96 Å². The highest BCUT2D eigenvalue weighted by Gasteiger charge is 2.17. The number of likely N-dealkylation sites (tertiary alicyclic amines) is 1. The fourth-order valence-corrected chi connectivity index (χ4v) is 2.28. The quantitative estimate of drug-likeness (QED) is 0.236. The number of carbonyl (C=O) groups excluding carboxylic acids is 1. The van der Waals surface area contributed by atoms with Gasteiger partial charge in [0.25, 0.3) is 0 Å². The van der Waals surface area contributed by atoms with Crippen molar-refractivity contribution >= 4 is 35.8 Å². The molecule has 0 aromatic heterocycles. The number of unbranched alkanes of at least 4 members (excludes halogenated alkanes) is 1. The third kappa shape index (κ3) is 10.8. The summed E-state index contributed by atoms with van der Waals surface area (Å²) in [6.07, 6.45) is 5.46. The van der Waals surface area contributed by atoms with Crippen LogP contribution < -0.4 is 10.6 Å². The van der Waals surface area contributed by atoms with Crippen LogP contribution in [0.15, 0.2) is 4.99 Å². The third-order valence-corrected chi connectivity index (χ3v) is 3.58. The van der Waals surface area contributed by atoms with Crippen LogP contribution in [0.3, 0.4) is 0 Å².